The Morgan fingerprint density at radius 1 is 1.20 bits per heavy atom. The predicted molar refractivity (Wildman–Crippen MR) is 99.8 cm³/mol. The Morgan fingerprint density at radius 2 is 1.76 bits per heavy atom. The molecule has 140 valence electrons. The van der Waals surface area contributed by atoms with E-state index in [1.54, 1.807) is 24.3 Å². The second kappa shape index (κ2) is 8.44. The van der Waals surface area contributed by atoms with Gasteiger partial charge in [0.25, 0.3) is 0 Å². The molecule has 5 N–H and O–H groups in total. The molecular weight excluding hydrogens is 340 g/mol. The number of hydrogen-bond acceptors (Lipinski definition) is 4. The van der Waals surface area contributed by atoms with Gasteiger partial charge in [0.1, 0.15) is 5.78 Å². The summed E-state index contributed by atoms with van der Waals surface area (Å²) in [5.74, 6) is -0.279. The molecular formula is C17H28N4O3S. The summed E-state index contributed by atoms with van der Waals surface area (Å²) in [6.07, 6.45) is 0.818. The largest absolute Gasteiger partial charge is 0.370 e. The monoisotopic (exact) mass is 368 g/mol. The number of nitrogens with one attached hydrogen (secondary N) is 1. The van der Waals surface area contributed by atoms with E-state index >= 15 is 0 Å². The average Bonchev–Trinajstić information content (AvgIpc) is 2.49. The Kier molecular flexibility index (Phi) is 7.13. The first-order chi connectivity index (χ1) is 11.4. The first-order valence-electron chi connectivity index (χ1n) is 8.12. The fourth-order valence-electron chi connectivity index (χ4n) is 2.24. The normalized spacial score (nSPS) is 13.3. The topological polar surface area (TPSA) is 128 Å². The molecule has 0 saturated carbocycles. The molecule has 1 aromatic rings. The Morgan fingerprint density at radius 3 is 2.20 bits per heavy atom. The van der Waals surface area contributed by atoms with Gasteiger partial charge in [-0.3, -0.25) is 9.79 Å². The maximum atomic E-state index is 12.5. The average molecular weight is 369 g/mol. The van der Waals surface area contributed by atoms with Crippen molar-refractivity contribution in [2.75, 3.05) is 6.54 Å². The van der Waals surface area contributed by atoms with Gasteiger partial charge in [0, 0.05) is 6.54 Å². The van der Waals surface area contributed by atoms with Gasteiger partial charge in [-0.25, -0.2) is 13.1 Å². The first kappa shape index (κ1) is 21.1. The molecule has 0 aliphatic heterocycles. The van der Waals surface area contributed by atoms with Gasteiger partial charge < -0.3 is 11.5 Å². The van der Waals surface area contributed by atoms with Crippen LogP contribution in [-0.4, -0.2) is 32.7 Å². The lowest BCUT2D eigenvalue weighted by Crippen LogP contribution is -2.39. The zero-order chi connectivity index (χ0) is 19.3. The van der Waals surface area contributed by atoms with Crippen LogP contribution < -0.4 is 16.2 Å². The molecule has 0 heterocycles. The lowest BCUT2D eigenvalue weighted by molar-refractivity contribution is -0.118. The lowest BCUT2D eigenvalue weighted by atomic mass is 9.87. The van der Waals surface area contributed by atoms with Crippen molar-refractivity contribution in [3.05, 3.63) is 29.8 Å². The van der Waals surface area contributed by atoms with E-state index in [-0.39, 0.29) is 22.1 Å². The third kappa shape index (κ3) is 6.83. The molecule has 25 heavy (non-hydrogen) atoms. The minimum atomic E-state index is -3.78. The van der Waals surface area contributed by atoms with Crippen molar-refractivity contribution >= 4 is 21.8 Å². The molecule has 1 unspecified atom stereocenters. The van der Waals surface area contributed by atoms with E-state index in [1.165, 1.54) is 6.92 Å². The standard InChI is InChI=1S/C17H28N4O3S/c1-12(22)15(6-5-11-20-16(18)19)21-25(23,24)14-9-7-13(8-10-14)17(2,3)4/h7-10,15,21H,5-6,11H2,1-4H3,(H4,18,19,20). The van der Waals surface area contributed by atoms with Crippen LogP contribution in [0.5, 0.6) is 0 Å². The highest BCUT2D eigenvalue weighted by Gasteiger charge is 2.23. The highest BCUT2D eigenvalue weighted by Crippen LogP contribution is 2.23. The fourth-order valence-corrected chi connectivity index (χ4v) is 3.53. The SMILES string of the molecule is CC(=O)C(CCCN=C(N)N)NS(=O)(=O)c1ccc(C(C)(C)C)cc1. The number of nitrogens with zero attached hydrogens (tertiary/aromatic N) is 1. The Balaban J connectivity index is 2.85. The summed E-state index contributed by atoms with van der Waals surface area (Å²) in [6.45, 7) is 7.86. The maximum Gasteiger partial charge on any atom is 0.241 e. The molecule has 7 nitrogen and oxygen atoms in total. The molecule has 0 aliphatic rings. The molecule has 0 aromatic heterocycles. The Hall–Kier alpha value is -1.93. The summed E-state index contributed by atoms with van der Waals surface area (Å²) in [5, 5.41) is 0. The van der Waals surface area contributed by atoms with Crippen molar-refractivity contribution in [1.82, 2.24) is 4.72 Å². The number of rotatable bonds is 8. The molecule has 0 radical (unpaired) electrons. The quantitative estimate of drug-likeness (QED) is 0.362. The van der Waals surface area contributed by atoms with Crippen LogP contribution in [-0.2, 0) is 20.2 Å². The zero-order valence-electron chi connectivity index (χ0n) is 15.2. The smallest absolute Gasteiger partial charge is 0.241 e. The van der Waals surface area contributed by atoms with E-state index in [1.807, 2.05) is 0 Å². The summed E-state index contributed by atoms with van der Waals surface area (Å²) >= 11 is 0. The van der Waals surface area contributed by atoms with Gasteiger partial charge in [-0.2, -0.15) is 0 Å². The van der Waals surface area contributed by atoms with E-state index < -0.39 is 16.1 Å². The zero-order valence-corrected chi connectivity index (χ0v) is 16.1. The maximum absolute atomic E-state index is 12.5. The second-order valence-corrected chi connectivity index (χ2v) is 8.72. The predicted octanol–water partition coefficient (Wildman–Crippen LogP) is 1.27. The second-order valence-electron chi connectivity index (χ2n) is 7.01. The first-order valence-corrected chi connectivity index (χ1v) is 9.60. The number of carbonyl (C=O) groups is 1. The number of hydrogen-bond donors (Lipinski definition) is 3. The van der Waals surface area contributed by atoms with Crippen LogP contribution in [0.3, 0.4) is 0 Å². The van der Waals surface area contributed by atoms with Crippen molar-refractivity contribution in [2.45, 2.75) is 56.9 Å². The number of carbonyl (C=O) groups excluding carboxylic acids is 1. The van der Waals surface area contributed by atoms with Crippen LogP contribution in [0.4, 0.5) is 0 Å². The van der Waals surface area contributed by atoms with E-state index in [4.69, 9.17) is 11.5 Å². The minimum absolute atomic E-state index is 0.0288. The van der Waals surface area contributed by atoms with Crippen molar-refractivity contribution in [1.29, 1.82) is 0 Å². The summed E-state index contributed by atoms with van der Waals surface area (Å²) in [5.41, 5.74) is 11.4. The van der Waals surface area contributed by atoms with Gasteiger partial charge in [0.05, 0.1) is 10.9 Å². The molecule has 0 spiro atoms. The van der Waals surface area contributed by atoms with Crippen LogP contribution in [0.1, 0.15) is 46.1 Å². The fraction of sp³-hybridized carbons (Fsp3) is 0.529. The van der Waals surface area contributed by atoms with Gasteiger partial charge in [-0.1, -0.05) is 32.9 Å². The van der Waals surface area contributed by atoms with E-state index in [2.05, 4.69) is 30.5 Å². The Labute approximate surface area is 149 Å². The van der Waals surface area contributed by atoms with Crippen LogP contribution >= 0.6 is 0 Å². The van der Waals surface area contributed by atoms with Gasteiger partial charge in [0.15, 0.2) is 5.96 Å². The molecule has 0 saturated heterocycles. The van der Waals surface area contributed by atoms with E-state index in [0.717, 1.165) is 5.56 Å². The molecule has 0 bridgehead atoms. The minimum Gasteiger partial charge on any atom is -0.370 e. The van der Waals surface area contributed by atoms with Crippen molar-refractivity contribution in [3.63, 3.8) is 0 Å². The van der Waals surface area contributed by atoms with Crippen LogP contribution in [0, 0.1) is 0 Å². The van der Waals surface area contributed by atoms with Gasteiger partial charge in [-0.15, -0.1) is 0 Å². The molecule has 1 atom stereocenters. The van der Waals surface area contributed by atoms with Crippen LogP contribution in [0.25, 0.3) is 0 Å². The molecule has 1 rings (SSSR count). The van der Waals surface area contributed by atoms with Gasteiger partial charge >= 0.3 is 0 Å². The van der Waals surface area contributed by atoms with Crippen molar-refractivity contribution < 1.29 is 13.2 Å². The number of nitrogens with two attached hydrogens (primary N) is 2. The summed E-state index contributed by atoms with van der Waals surface area (Å²) in [4.78, 5) is 15.7. The number of ketones is 1. The highest BCUT2D eigenvalue weighted by molar-refractivity contribution is 7.89. The third-order valence-corrected chi connectivity index (χ3v) is 5.25. The number of aliphatic imine (C=N–C) groups is 1. The molecule has 1 aromatic carbocycles. The van der Waals surface area contributed by atoms with Crippen LogP contribution in [0.2, 0.25) is 0 Å². The summed E-state index contributed by atoms with van der Waals surface area (Å²) in [7, 11) is -3.78. The molecule has 0 fully saturated rings. The van der Waals surface area contributed by atoms with E-state index in [9.17, 15) is 13.2 Å². The number of Topliss-reactive ketones (excluding diaryl/α,β-unsaturated/α-hetero) is 1. The number of sulfonamides is 1. The number of benzene rings is 1. The molecule has 0 aliphatic carbocycles. The summed E-state index contributed by atoms with van der Waals surface area (Å²) < 4.78 is 27.5. The van der Waals surface area contributed by atoms with Crippen molar-refractivity contribution in [2.24, 2.45) is 16.5 Å². The lowest BCUT2D eigenvalue weighted by Gasteiger charge is -2.20. The molecule has 8 heteroatoms. The van der Waals surface area contributed by atoms with Crippen LogP contribution in [0.15, 0.2) is 34.2 Å². The number of guanidine groups is 1. The van der Waals surface area contributed by atoms with Gasteiger partial charge in [0.2, 0.25) is 10.0 Å². The third-order valence-electron chi connectivity index (χ3n) is 3.76. The highest BCUT2D eigenvalue weighted by atomic mass is 32.2. The molecule has 0 amide bonds. The van der Waals surface area contributed by atoms with Gasteiger partial charge in [-0.05, 0) is 42.9 Å². The van der Waals surface area contributed by atoms with E-state index in [0.29, 0.717) is 19.4 Å². The Bertz CT molecular complexity index is 715. The van der Waals surface area contributed by atoms with Crippen molar-refractivity contribution in [3.8, 4) is 0 Å². The summed E-state index contributed by atoms with van der Waals surface area (Å²) in [6, 6.07) is 5.88.